The summed E-state index contributed by atoms with van der Waals surface area (Å²) in [5.74, 6) is 1.28. The van der Waals surface area contributed by atoms with Crippen molar-refractivity contribution >= 4 is 17.1 Å². The Labute approximate surface area is 134 Å². The van der Waals surface area contributed by atoms with Crippen molar-refractivity contribution in [2.24, 2.45) is 0 Å². The van der Waals surface area contributed by atoms with Gasteiger partial charge >= 0.3 is 0 Å². The van der Waals surface area contributed by atoms with E-state index >= 15 is 0 Å². The molecule has 0 radical (unpaired) electrons. The molecule has 3 aromatic heterocycles. The number of furan rings is 1. The van der Waals surface area contributed by atoms with E-state index < -0.39 is 6.01 Å². The van der Waals surface area contributed by atoms with Crippen LogP contribution < -0.4 is 4.74 Å². The molecule has 4 aromatic rings. The molecule has 0 atom stereocenters. The first-order chi connectivity index (χ1) is 11.2. The number of ether oxygens (including phenoxy) is 1. The maximum Gasteiger partial charge on any atom is 0.278 e. The summed E-state index contributed by atoms with van der Waals surface area (Å²) in [6.45, 7) is 0. The zero-order valence-electron chi connectivity index (χ0n) is 11.6. The zero-order chi connectivity index (χ0) is 15.8. The van der Waals surface area contributed by atoms with Gasteiger partial charge in [-0.2, -0.15) is 14.5 Å². The number of halogens is 2. The zero-order valence-corrected chi connectivity index (χ0v) is 12.4. The lowest BCUT2D eigenvalue weighted by atomic mass is 10.2. The van der Waals surface area contributed by atoms with Crippen molar-refractivity contribution in [3.63, 3.8) is 0 Å². The molecule has 0 spiro atoms. The van der Waals surface area contributed by atoms with Gasteiger partial charge < -0.3 is 9.15 Å². The first-order valence-corrected chi connectivity index (χ1v) is 7.11. The number of para-hydroxylation sites is 1. The van der Waals surface area contributed by atoms with Crippen LogP contribution in [0.1, 0.15) is 0 Å². The molecule has 0 unspecified atom stereocenters. The van der Waals surface area contributed by atoms with Gasteiger partial charge in [-0.3, -0.25) is 0 Å². The fraction of sp³-hybridized carbons (Fsp3) is 0. The first-order valence-electron chi connectivity index (χ1n) is 6.73. The Bertz CT molecular complexity index is 982. The molecule has 0 fully saturated rings. The summed E-state index contributed by atoms with van der Waals surface area (Å²) in [6, 6.07) is 13.0. The standard InChI is InChI=1S/C16H9ClFN3O2/c17-15-11(13-6-7-14(18)23-13)8-12-16(19-9-20-21(12)15)22-10-4-2-1-3-5-10/h1-9H. The highest BCUT2D eigenvalue weighted by molar-refractivity contribution is 6.32. The maximum absolute atomic E-state index is 13.1. The summed E-state index contributed by atoms with van der Waals surface area (Å²) in [6.07, 6.45) is 1.34. The summed E-state index contributed by atoms with van der Waals surface area (Å²) in [5.41, 5.74) is 1.06. The molecule has 114 valence electrons. The summed E-state index contributed by atoms with van der Waals surface area (Å²) in [7, 11) is 0. The molecule has 0 saturated carbocycles. The van der Waals surface area contributed by atoms with E-state index in [-0.39, 0.29) is 5.15 Å². The summed E-state index contributed by atoms with van der Waals surface area (Å²) >= 11 is 6.31. The summed E-state index contributed by atoms with van der Waals surface area (Å²) in [5, 5.41) is 4.38. The van der Waals surface area contributed by atoms with E-state index in [9.17, 15) is 4.39 Å². The Hall–Kier alpha value is -2.86. The fourth-order valence-electron chi connectivity index (χ4n) is 2.25. The van der Waals surface area contributed by atoms with Crippen molar-refractivity contribution in [3.8, 4) is 23.0 Å². The average Bonchev–Trinajstić information content (AvgIpc) is 3.13. The third-order valence-corrected chi connectivity index (χ3v) is 3.64. The van der Waals surface area contributed by atoms with E-state index in [1.54, 1.807) is 6.07 Å². The molecular formula is C16H9ClFN3O2. The van der Waals surface area contributed by atoms with Crippen LogP contribution in [0, 0.1) is 6.01 Å². The summed E-state index contributed by atoms with van der Waals surface area (Å²) in [4.78, 5) is 4.14. The van der Waals surface area contributed by atoms with E-state index in [0.717, 1.165) is 0 Å². The predicted octanol–water partition coefficient (Wildman–Crippen LogP) is 4.57. The fourth-order valence-corrected chi connectivity index (χ4v) is 2.53. The second kappa shape index (κ2) is 5.40. The normalized spacial score (nSPS) is 11.0. The molecule has 0 amide bonds. The van der Waals surface area contributed by atoms with Crippen molar-refractivity contribution in [1.29, 1.82) is 0 Å². The van der Waals surface area contributed by atoms with E-state index in [2.05, 4.69) is 10.1 Å². The monoisotopic (exact) mass is 329 g/mol. The molecule has 5 nitrogen and oxygen atoms in total. The van der Waals surface area contributed by atoms with Crippen LogP contribution in [0.4, 0.5) is 4.39 Å². The van der Waals surface area contributed by atoms with E-state index in [1.807, 2.05) is 30.3 Å². The Kier molecular flexibility index (Phi) is 3.24. The van der Waals surface area contributed by atoms with Gasteiger partial charge in [-0.25, -0.2) is 4.52 Å². The number of aromatic nitrogens is 3. The third-order valence-electron chi connectivity index (χ3n) is 3.28. The Morgan fingerprint density at radius 3 is 2.70 bits per heavy atom. The molecule has 7 heteroatoms. The molecule has 3 heterocycles. The van der Waals surface area contributed by atoms with Crippen molar-refractivity contribution in [2.45, 2.75) is 0 Å². The number of hydrogen-bond donors (Lipinski definition) is 0. The molecule has 4 rings (SSSR count). The number of rotatable bonds is 3. The number of nitrogens with zero attached hydrogens (tertiary/aromatic N) is 3. The lowest BCUT2D eigenvalue weighted by Crippen LogP contribution is -1.96. The second-order valence-corrected chi connectivity index (χ2v) is 5.09. The molecule has 0 aliphatic heterocycles. The molecule has 0 saturated heterocycles. The van der Waals surface area contributed by atoms with Crippen LogP contribution in [0.5, 0.6) is 11.6 Å². The van der Waals surface area contributed by atoms with E-state index in [4.69, 9.17) is 20.8 Å². The van der Waals surface area contributed by atoms with Crippen LogP contribution in [0.15, 0.2) is 59.3 Å². The van der Waals surface area contributed by atoms with Crippen molar-refractivity contribution in [3.05, 3.63) is 66.0 Å². The number of fused-ring (bicyclic) bond motifs is 1. The topological polar surface area (TPSA) is 52.6 Å². The summed E-state index contributed by atoms with van der Waals surface area (Å²) < 4.78 is 25.3. The van der Waals surface area contributed by atoms with Gasteiger partial charge in [0, 0.05) is 6.07 Å². The van der Waals surface area contributed by atoms with Crippen LogP contribution in [-0.4, -0.2) is 14.6 Å². The van der Waals surface area contributed by atoms with Gasteiger partial charge in [0.1, 0.15) is 28.5 Å². The van der Waals surface area contributed by atoms with Crippen LogP contribution in [0.2, 0.25) is 5.15 Å². The van der Waals surface area contributed by atoms with Crippen LogP contribution >= 0.6 is 11.6 Å². The second-order valence-electron chi connectivity index (χ2n) is 4.73. The molecule has 0 bridgehead atoms. The third kappa shape index (κ3) is 2.43. The van der Waals surface area contributed by atoms with Gasteiger partial charge in [0.2, 0.25) is 5.88 Å². The first kappa shape index (κ1) is 13.8. The Morgan fingerprint density at radius 1 is 1.13 bits per heavy atom. The Balaban J connectivity index is 1.84. The Morgan fingerprint density at radius 2 is 1.96 bits per heavy atom. The van der Waals surface area contributed by atoms with Gasteiger partial charge in [0.05, 0.1) is 5.56 Å². The van der Waals surface area contributed by atoms with Crippen LogP contribution in [0.3, 0.4) is 0 Å². The highest BCUT2D eigenvalue weighted by atomic mass is 35.5. The minimum atomic E-state index is -0.682. The van der Waals surface area contributed by atoms with Gasteiger partial charge in [-0.05, 0) is 24.3 Å². The lowest BCUT2D eigenvalue weighted by Gasteiger charge is -2.05. The van der Waals surface area contributed by atoms with Crippen molar-refractivity contribution in [1.82, 2.24) is 14.6 Å². The van der Waals surface area contributed by atoms with Crippen LogP contribution in [0.25, 0.3) is 16.8 Å². The minimum Gasteiger partial charge on any atom is -0.437 e. The predicted molar refractivity (Wildman–Crippen MR) is 82.2 cm³/mol. The van der Waals surface area contributed by atoms with E-state index in [1.165, 1.54) is 23.0 Å². The quantitative estimate of drug-likeness (QED) is 0.552. The minimum absolute atomic E-state index is 0.287. The largest absolute Gasteiger partial charge is 0.437 e. The molecule has 23 heavy (non-hydrogen) atoms. The lowest BCUT2D eigenvalue weighted by molar-refractivity contribution is 0.367. The maximum atomic E-state index is 13.1. The SMILES string of the molecule is Fc1ccc(-c2cc3c(Oc4ccccc4)ncnn3c2Cl)o1. The smallest absolute Gasteiger partial charge is 0.278 e. The number of benzene rings is 1. The van der Waals surface area contributed by atoms with Gasteiger partial charge in [-0.15, -0.1) is 0 Å². The number of hydrogen-bond acceptors (Lipinski definition) is 4. The van der Waals surface area contributed by atoms with Crippen molar-refractivity contribution < 1.29 is 13.5 Å². The average molecular weight is 330 g/mol. The molecular weight excluding hydrogens is 321 g/mol. The molecule has 0 N–H and O–H groups in total. The molecule has 0 aliphatic rings. The van der Waals surface area contributed by atoms with E-state index in [0.29, 0.717) is 28.5 Å². The van der Waals surface area contributed by atoms with Crippen LogP contribution in [-0.2, 0) is 0 Å². The highest BCUT2D eigenvalue weighted by Crippen LogP contribution is 2.35. The van der Waals surface area contributed by atoms with Gasteiger partial charge in [-0.1, -0.05) is 29.8 Å². The molecule has 0 aliphatic carbocycles. The highest BCUT2D eigenvalue weighted by Gasteiger charge is 2.18. The van der Waals surface area contributed by atoms with Gasteiger partial charge in [0.15, 0.2) is 0 Å². The molecule has 1 aromatic carbocycles. The van der Waals surface area contributed by atoms with Gasteiger partial charge in [0.25, 0.3) is 6.01 Å². The van der Waals surface area contributed by atoms with Crippen molar-refractivity contribution in [2.75, 3.05) is 0 Å².